The minimum Gasteiger partial charge on any atom is -0.323 e. The molecular weight excluding hydrogens is 339 g/mol. The van der Waals surface area contributed by atoms with Gasteiger partial charge in [-0.15, -0.1) is 10.2 Å². The van der Waals surface area contributed by atoms with E-state index < -0.39 is 5.82 Å². The number of rotatable bonds is 6. The van der Waals surface area contributed by atoms with Crippen LogP contribution in [0.2, 0.25) is 0 Å². The Kier molecular flexibility index (Phi) is 5.45. The third kappa shape index (κ3) is 4.45. The molecule has 7 heteroatoms. The van der Waals surface area contributed by atoms with Crippen molar-refractivity contribution in [2.24, 2.45) is 7.05 Å². The lowest BCUT2D eigenvalue weighted by atomic mass is 10.1. The Balaban J connectivity index is 1.58. The monoisotopic (exact) mass is 356 g/mol. The van der Waals surface area contributed by atoms with Gasteiger partial charge in [-0.3, -0.25) is 4.79 Å². The van der Waals surface area contributed by atoms with Gasteiger partial charge in [-0.25, -0.2) is 4.39 Å². The molecule has 0 aliphatic heterocycles. The SMILES string of the molecule is Cn1c(Cc2ccccc2)nnc1SCC(=O)Nc1ccccc1F. The Morgan fingerprint density at radius 2 is 1.84 bits per heavy atom. The lowest BCUT2D eigenvalue weighted by molar-refractivity contribution is -0.113. The van der Waals surface area contributed by atoms with Crippen LogP contribution >= 0.6 is 11.8 Å². The molecule has 0 saturated heterocycles. The fourth-order valence-electron chi connectivity index (χ4n) is 2.28. The van der Waals surface area contributed by atoms with Crippen molar-refractivity contribution in [2.45, 2.75) is 11.6 Å². The average Bonchev–Trinajstić information content (AvgIpc) is 2.96. The average molecular weight is 356 g/mol. The van der Waals surface area contributed by atoms with Crippen LogP contribution in [-0.2, 0) is 18.3 Å². The normalized spacial score (nSPS) is 10.6. The van der Waals surface area contributed by atoms with Gasteiger partial charge in [-0.05, 0) is 17.7 Å². The molecular formula is C18H17FN4OS. The van der Waals surface area contributed by atoms with E-state index in [4.69, 9.17) is 0 Å². The van der Waals surface area contributed by atoms with Crippen LogP contribution < -0.4 is 5.32 Å². The first-order valence-electron chi connectivity index (χ1n) is 7.73. The second kappa shape index (κ2) is 7.94. The lowest BCUT2D eigenvalue weighted by Gasteiger charge is -2.06. The number of nitrogens with one attached hydrogen (secondary N) is 1. The fraction of sp³-hybridized carbons (Fsp3) is 0.167. The van der Waals surface area contributed by atoms with Crippen LogP contribution in [0.3, 0.4) is 0 Å². The van der Waals surface area contributed by atoms with Gasteiger partial charge in [0.15, 0.2) is 5.16 Å². The van der Waals surface area contributed by atoms with Crippen LogP contribution in [0.5, 0.6) is 0 Å². The Bertz CT molecular complexity index is 867. The molecule has 0 spiro atoms. The van der Waals surface area contributed by atoms with Crippen LogP contribution in [0, 0.1) is 5.82 Å². The molecule has 2 aromatic carbocycles. The number of hydrogen-bond donors (Lipinski definition) is 1. The maximum Gasteiger partial charge on any atom is 0.234 e. The maximum absolute atomic E-state index is 13.5. The minimum atomic E-state index is -0.454. The maximum atomic E-state index is 13.5. The van der Waals surface area contributed by atoms with Crippen LogP contribution in [0.25, 0.3) is 0 Å². The number of anilines is 1. The van der Waals surface area contributed by atoms with E-state index in [0.29, 0.717) is 11.6 Å². The number of nitrogens with zero attached hydrogens (tertiary/aromatic N) is 3. The van der Waals surface area contributed by atoms with Crippen molar-refractivity contribution in [1.82, 2.24) is 14.8 Å². The van der Waals surface area contributed by atoms with Crippen molar-refractivity contribution in [1.29, 1.82) is 0 Å². The predicted octanol–water partition coefficient (Wildman–Crippen LogP) is 3.28. The Morgan fingerprint density at radius 3 is 2.60 bits per heavy atom. The number of carbonyl (C=O) groups is 1. The summed E-state index contributed by atoms with van der Waals surface area (Å²) in [6.45, 7) is 0. The molecule has 5 nitrogen and oxygen atoms in total. The molecule has 1 aromatic heterocycles. The standard InChI is InChI=1S/C18H17FN4OS/c1-23-16(11-13-7-3-2-4-8-13)21-22-18(23)25-12-17(24)20-15-10-6-5-9-14(15)19/h2-10H,11-12H2,1H3,(H,20,24). The molecule has 1 amide bonds. The zero-order valence-electron chi connectivity index (χ0n) is 13.6. The summed E-state index contributed by atoms with van der Waals surface area (Å²) in [6, 6.07) is 16.1. The number of hydrogen-bond acceptors (Lipinski definition) is 4. The molecule has 0 unspecified atom stereocenters. The van der Waals surface area contributed by atoms with Gasteiger partial charge in [0.2, 0.25) is 5.91 Å². The highest BCUT2D eigenvalue weighted by Crippen LogP contribution is 2.18. The number of aromatic nitrogens is 3. The van der Waals surface area contributed by atoms with Gasteiger partial charge in [0.1, 0.15) is 11.6 Å². The smallest absolute Gasteiger partial charge is 0.234 e. The summed E-state index contributed by atoms with van der Waals surface area (Å²) in [4.78, 5) is 12.0. The van der Waals surface area contributed by atoms with E-state index in [1.165, 1.54) is 23.9 Å². The van der Waals surface area contributed by atoms with Gasteiger partial charge in [0.25, 0.3) is 0 Å². The van der Waals surface area contributed by atoms with Gasteiger partial charge < -0.3 is 9.88 Å². The molecule has 0 aliphatic rings. The van der Waals surface area contributed by atoms with E-state index in [1.54, 1.807) is 12.1 Å². The first kappa shape index (κ1) is 17.2. The van der Waals surface area contributed by atoms with Gasteiger partial charge in [-0.2, -0.15) is 0 Å². The summed E-state index contributed by atoms with van der Waals surface area (Å²) >= 11 is 1.27. The number of para-hydroxylation sites is 1. The third-order valence-electron chi connectivity index (χ3n) is 3.61. The van der Waals surface area contributed by atoms with Crippen molar-refractivity contribution < 1.29 is 9.18 Å². The van der Waals surface area contributed by atoms with Crippen molar-refractivity contribution in [3.05, 3.63) is 71.8 Å². The second-order valence-corrected chi connectivity index (χ2v) is 6.38. The third-order valence-corrected chi connectivity index (χ3v) is 4.63. The van der Waals surface area contributed by atoms with Crippen LogP contribution in [0.15, 0.2) is 59.8 Å². The lowest BCUT2D eigenvalue weighted by Crippen LogP contribution is -2.15. The predicted molar refractivity (Wildman–Crippen MR) is 96.0 cm³/mol. The van der Waals surface area contributed by atoms with Crippen molar-refractivity contribution in [3.63, 3.8) is 0 Å². The number of carbonyl (C=O) groups excluding carboxylic acids is 1. The number of halogens is 1. The van der Waals surface area contributed by atoms with Crippen molar-refractivity contribution >= 4 is 23.4 Å². The summed E-state index contributed by atoms with van der Waals surface area (Å²) in [5, 5.41) is 11.5. The van der Waals surface area contributed by atoms with E-state index in [0.717, 1.165) is 11.4 Å². The highest BCUT2D eigenvalue weighted by atomic mass is 32.2. The molecule has 25 heavy (non-hydrogen) atoms. The molecule has 0 fully saturated rings. The quantitative estimate of drug-likeness (QED) is 0.689. The van der Waals surface area contributed by atoms with Crippen molar-refractivity contribution in [2.75, 3.05) is 11.1 Å². The first-order chi connectivity index (χ1) is 12.1. The van der Waals surface area contributed by atoms with Crippen molar-refractivity contribution in [3.8, 4) is 0 Å². The minimum absolute atomic E-state index is 0.131. The molecule has 128 valence electrons. The van der Waals surface area contributed by atoms with Gasteiger partial charge in [0, 0.05) is 13.5 Å². The number of amides is 1. The Hall–Kier alpha value is -2.67. The van der Waals surface area contributed by atoms with E-state index in [-0.39, 0.29) is 17.3 Å². The fourth-order valence-corrected chi connectivity index (χ4v) is 3.01. The summed E-state index contributed by atoms with van der Waals surface area (Å²) < 4.78 is 15.4. The largest absolute Gasteiger partial charge is 0.323 e. The van der Waals surface area contributed by atoms with E-state index in [1.807, 2.05) is 41.9 Å². The Labute approximate surface area is 149 Å². The molecule has 0 saturated carbocycles. The first-order valence-corrected chi connectivity index (χ1v) is 8.71. The van der Waals surface area contributed by atoms with E-state index in [2.05, 4.69) is 15.5 Å². The molecule has 0 radical (unpaired) electrons. The molecule has 0 atom stereocenters. The number of benzene rings is 2. The van der Waals surface area contributed by atoms with Gasteiger partial charge in [0.05, 0.1) is 11.4 Å². The summed E-state index contributed by atoms with van der Waals surface area (Å²) in [5.41, 5.74) is 1.32. The zero-order chi connectivity index (χ0) is 17.6. The summed E-state index contributed by atoms with van der Waals surface area (Å²) in [5.74, 6) is 0.210. The highest BCUT2D eigenvalue weighted by molar-refractivity contribution is 7.99. The molecule has 3 aromatic rings. The van der Waals surface area contributed by atoms with Crippen LogP contribution in [-0.4, -0.2) is 26.4 Å². The molecule has 0 aliphatic carbocycles. The molecule has 1 heterocycles. The van der Waals surface area contributed by atoms with Crippen LogP contribution in [0.4, 0.5) is 10.1 Å². The molecule has 3 rings (SSSR count). The summed E-state index contributed by atoms with van der Waals surface area (Å²) in [7, 11) is 1.87. The molecule has 1 N–H and O–H groups in total. The topological polar surface area (TPSA) is 59.8 Å². The zero-order valence-corrected chi connectivity index (χ0v) is 14.5. The highest BCUT2D eigenvalue weighted by Gasteiger charge is 2.13. The summed E-state index contributed by atoms with van der Waals surface area (Å²) in [6.07, 6.45) is 0.673. The van der Waals surface area contributed by atoms with Gasteiger partial charge in [-0.1, -0.05) is 54.2 Å². The number of thioether (sulfide) groups is 1. The van der Waals surface area contributed by atoms with Gasteiger partial charge >= 0.3 is 0 Å². The van der Waals surface area contributed by atoms with E-state index in [9.17, 15) is 9.18 Å². The second-order valence-electron chi connectivity index (χ2n) is 5.44. The van der Waals surface area contributed by atoms with Crippen LogP contribution in [0.1, 0.15) is 11.4 Å². The Morgan fingerprint density at radius 1 is 1.12 bits per heavy atom. The molecule has 0 bridgehead atoms. The van der Waals surface area contributed by atoms with E-state index >= 15 is 0 Å².